The van der Waals surface area contributed by atoms with E-state index in [0.717, 1.165) is 48.5 Å². The van der Waals surface area contributed by atoms with Crippen LogP contribution in [0.2, 0.25) is 0 Å². The van der Waals surface area contributed by atoms with Crippen LogP contribution in [0.3, 0.4) is 0 Å². The van der Waals surface area contributed by atoms with Crippen LogP contribution in [0.1, 0.15) is 20.7 Å². The molecule has 0 fully saturated rings. The van der Waals surface area contributed by atoms with Crippen LogP contribution in [0, 0.1) is 0 Å². The van der Waals surface area contributed by atoms with Crippen molar-refractivity contribution in [1.29, 1.82) is 0 Å². The molecular weight excluding hydrogens is 647 g/mol. The fourth-order valence-electron chi connectivity index (χ4n) is 3.76. The van der Waals surface area contributed by atoms with Gasteiger partial charge in [-0.2, -0.15) is 37.3 Å². The third-order valence-electron chi connectivity index (χ3n) is 5.76. The molecule has 0 amide bonds. The number of hydrogen-bond donors (Lipinski definition) is 6. The van der Waals surface area contributed by atoms with Gasteiger partial charge >= 0.3 is 11.9 Å². The van der Waals surface area contributed by atoms with E-state index in [1.165, 1.54) is 24.3 Å². The number of carbonyl (C=O) groups is 2. The first-order valence-electron chi connectivity index (χ1n) is 11.7. The molecule has 0 saturated carbocycles. The second-order valence-corrected chi connectivity index (χ2v) is 11.5. The molecule has 0 aliphatic rings. The van der Waals surface area contributed by atoms with E-state index in [0.29, 0.717) is 0 Å². The van der Waals surface area contributed by atoms with Gasteiger partial charge in [-0.3, -0.25) is 9.11 Å². The molecule has 0 spiro atoms. The number of aromatic hydroxyl groups is 2. The predicted molar refractivity (Wildman–Crippen MR) is 156 cm³/mol. The van der Waals surface area contributed by atoms with E-state index in [-0.39, 0.29) is 63.4 Å². The third-order valence-corrected chi connectivity index (χ3v) is 7.55. The molecule has 19 heteroatoms. The zero-order chi connectivity index (χ0) is 32.4. The molecule has 0 atom stereocenters. The molecule has 16 nitrogen and oxygen atoms in total. The number of aromatic carboxylic acids is 2. The fraction of sp³-hybridized carbons (Fsp3) is 0. The van der Waals surface area contributed by atoms with Gasteiger partial charge in [-0.05, 0) is 60.7 Å². The first-order chi connectivity index (χ1) is 20.5. The van der Waals surface area contributed by atoms with E-state index < -0.39 is 64.6 Å². The summed E-state index contributed by atoms with van der Waals surface area (Å²) in [6.07, 6.45) is 0. The number of phenols is 2. The van der Waals surface area contributed by atoms with Crippen molar-refractivity contribution in [1.82, 2.24) is 0 Å². The molecule has 45 heavy (non-hydrogen) atoms. The van der Waals surface area contributed by atoms with Crippen LogP contribution in [0.15, 0.2) is 103 Å². The van der Waals surface area contributed by atoms with E-state index in [1.807, 2.05) is 0 Å². The van der Waals surface area contributed by atoms with Crippen molar-refractivity contribution in [2.45, 2.75) is 9.79 Å². The second-order valence-electron chi connectivity index (χ2n) is 8.72. The standard InChI is InChI=1S/C26H18N4O12S2.Na/c31-21-7-3-13(9-19(21)25(33)34)27-29-15-1-5-17(23(11-15)43(37,38)39)18-6-2-16(12-24(18)44(40,41)42)30-28-14-4-8-22(32)20(10-14)26(35)36;/h1-12,31-32H,(H,33,34)(H,35,36)(H,37,38,39)(H,40,41,42);. The van der Waals surface area contributed by atoms with Crippen LogP contribution >= 0.6 is 0 Å². The van der Waals surface area contributed by atoms with E-state index >= 15 is 0 Å². The summed E-state index contributed by atoms with van der Waals surface area (Å²) in [7, 11) is -10.1. The van der Waals surface area contributed by atoms with Crippen LogP contribution in [-0.4, -0.2) is 87.9 Å². The second kappa shape index (κ2) is 13.6. The van der Waals surface area contributed by atoms with Gasteiger partial charge in [0, 0.05) is 40.7 Å². The Kier molecular flexibility index (Phi) is 10.6. The van der Waals surface area contributed by atoms with E-state index in [2.05, 4.69) is 20.5 Å². The van der Waals surface area contributed by atoms with Crippen LogP contribution in [-0.2, 0) is 20.2 Å². The van der Waals surface area contributed by atoms with Crippen LogP contribution < -0.4 is 0 Å². The van der Waals surface area contributed by atoms with Gasteiger partial charge in [-0.15, -0.1) is 0 Å². The largest absolute Gasteiger partial charge is 0.507 e. The summed E-state index contributed by atoms with van der Waals surface area (Å²) < 4.78 is 69.0. The number of rotatable bonds is 9. The molecule has 0 aliphatic heterocycles. The van der Waals surface area contributed by atoms with Gasteiger partial charge in [0.1, 0.15) is 32.4 Å². The number of carboxylic acid groups (broad SMARTS) is 2. The van der Waals surface area contributed by atoms with Crippen molar-refractivity contribution in [3.8, 4) is 22.6 Å². The Morgan fingerprint density at radius 3 is 1.09 bits per heavy atom. The van der Waals surface area contributed by atoms with Crippen molar-refractivity contribution in [2.75, 3.05) is 0 Å². The van der Waals surface area contributed by atoms with Gasteiger partial charge in [-0.1, -0.05) is 12.1 Å². The molecule has 1 radical (unpaired) electrons. The number of benzene rings is 4. The zero-order valence-electron chi connectivity index (χ0n) is 22.7. The summed E-state index contributed by atoms with van der Waals surface area (Å²) in [6.45, 7) is 0. The van der Waals surface area contributed by atoms with Crippen molar-refractivity contribution in [2.24, 2.45) is 20.5 Å². The van der Waals surface area contributed by atoms with Crippen LogP contribution in [0.4, 0.5) is 22.7 Å². The van der Waals surface area contributed by atoms with Gasteiger partial charge in [0.15, 0.2) is 0 Å². The Hall–Kier alpha value is -4.56. The Balaban J connectivity index is 0.00000552. The van der Waals surface area contributed by atoms with Gasteiger partial charge in [0.05, 0.1) is 22.7 Å². The monoisotopic (exact) mass is 665 g/mol. The van der Waals surface area contributed by atoms with Gasteiger partial charge in [0.25, 0.3) is 20.2 Å². The molecule has 227 valence electrons. The Bertz CT molecular complexity index is 1970. The fourth-order valence-corrected chi connectivity index (χ4v) is 5.22. The minimum absolute atomic E-state index is 0. The Morgan fingerprint density at radius 2 is 0.800 bits per heavy atom. The summed E-state index contributed by atoms with van der Waals surface area (Å²) in [5, 5.41) is 52.7. The quantitative estimate of drug-likeness (QED) is 0.0773. The molecule has 4 rings (SSSR count). The van der Waals surface area contributed by atoms with Gasteiger partial charge in [0.2, 0.25) is 0 Å². The molecular formula is C26H18N4NaO12S2. The van der Waals surface area contributed by atoms with Crippen LogP contribution in [0.25, 0.3) is 11.1 Å². The first kappa shape index (κ1) is 34.9. The topological polar surface area (TPSA) is 273 Å². The van der Waals surface area contributed by atoms with Crippen molar-refractivity contribution in [3.05, 3.63) is 83.9 Å². The maximum Gasteiger partial charge on any atom is 0.339 e. The van der Waals surface area contributed by atoms with Crippen molar-refractivity contribution < 1.29 is 56.0 Å². The van der Waals surface area contributed by atoms with Gasteiger partial charge in [-0.25, -0.2) is 9.59 Å². The van der Waals surface area contributed by atoms with Crippen LogP contribution in [0.5, 0.6) is 11.5 Å². The molecule has 4 aromatic rings. The smallest absolute Gasteiger partial charge is 0.339 e. The summed E-state index contributed by atoms with van der Waals surface area (Å²) in [5.41, 5.74) is -2.06. The van der Waals surface area contributed by atoms with Crippen molar-refractivity contribution in [3.63, 3.8) is 0 Å². The molecule has 0 unspecified atom stereocenters. The molecule has 0 heterocycles. The maximum atomic E-state index is 12.3. The average Bonchev–Trinajstić information content (AvgIpc) is 2.95. The number of azo groups is 2. The molecule has 0 saturated heterocycles. The number of hydrogen-bond acceptors (Lipinski definition) is 12. The minimum Gasteiger partial charge on any atom is -0.507 e. The molecule has 6 N–H and O–H groups in total. The maximum absolute atomic E-state index is 12.3. The summed E-state index contributed by atoms with van der Waals surface area (Å²) in [4.78, 5) is 20.8. The first-order valence-corrected chi connectivity index (χ1v) is 14.6. The minimum atomic E-state index is -5.04. The number of carboxylic acids is 2. The summed E-state index contributed by atoms with van der Waals surface area (Å²) in [5.74, 6) is -3.92. The zero-order valence-corrected chi connectivity index (χ0v) is 26.3. The Labute approximate surface area is 275 Å². The van der Waals surface area contributed by atoms with Crippen molar-refractivity contribution >= 4 is 84.5 Å². The van der Waals surface area contributed by atoms with E-state index in [9.17, 15) is 45.7 Å². The molecule has 0 bridgehead atoms. The van der Waals surface area contributed by atoms with Gasteiger partial charge < -0.3 is 20.4 Å². The summed E-state index contributed by atoms with van der Waals surface area (Å²) >= 11 is 0. The molecule has 4 aromatic carbocycles. The SMILES string of the molecule is O=C(O)c1cc(N=Nc2ccc(-c3ccc(N=Nc4ccc(O)c(C(=O)O)c4)cc3S(=O)(=O)O)c(S(=O)(=O)O)c2)ccc1O.[Na]. The summed E-state index contributed by atoms with van der Waals surface area (Å²) in [6, 6.07) is 12.8. The normalized spacial score (nSPS) is 11.9. The Morgan fingerprint density at radius 1 is 0.511 bits per heavy atom. The molecule has 0 aromatic heterocycles. The molecule has 0 aliphatic carbocycles. The predicted octanol–water partition coefficient (Wildman–Crippen LogP) is 5.10. The third kappa shape index (κ3) is 8.34. The van der Waals surface area contributed by atoms with E-state index in [1.54, 1.807) is 0 Å². The van der Waals surface area contributed by atoms with E-state index in [4.69, 9.17) is 10.2 Å². The average molecular weight is 666 g/mol. The number of nitrogens with zero attached hydrogens (tertiary/aromatic N) is 4.